The second-order valence-electron chi connectivity index (χ2n) is 7.02. The van der Waals surface area contributed by atoms with Crippen LogP contribution in [0.1, 0.15) is 10.4 Å². The fourth-order valence-corrected chi connectivity index (χ4v) is 3.27. The van der Waals surface area contributed by atoms with Crippen LogP contribution in [0.25, 0.3) is 17.3 Å². The molecule has 1 amide bonds. The lowest BCUT2D eigenvalue weighted by Crippen LogP contribution is -2.12. The third-order valence-corrected chi connectivity index (χ3v) is 4.83. The van der Waals surface area contributed by atoms with Crippen LogP contribution in [0, 0.1) is 0 Å². The largest absolute Gasteiger partial charge is 0.461 e. The van der Waals surface area contributed by atoms with E-state index < -0.39 is 0 Å². The van der Waals surface area contributed by atoms with Crippen LogP contribution in [-0.2, 0) is 4.74 Å². The van der Waals surface area contributed by atoms with Crippen LogP contribution in [0.2, 0.25) is 0 Å². The van der Waals surface area contributed by atoms with Gasteiger partial charge >= 0.3 is 6.01 Å². The molecule has 2 aromatic carbocycles. The van der Waals surface area contributed by atoms with E-state index in [1.807, 2.05) is 12.1 Å². The first-order valence-corrected chi connectivity index (χ1v) is 10.2. The van der Waals surface area contributed by atoms with Gasteiger partial charge in [-0.05, 0) is 48.5 Å². The summed E-state index contributed by atoms with van der Waals surface area (Å²) in [6.07, 6.45) is 1.56. The number of aromatic nitrogens is 3. The second-order valence-corrected chi connectivity index (χ2v) is 7.02. The van der Waals surface area contributed by atoms with Gasteiger partial charge in [0.05, 0.1) is 18.6 Å². The van der Waals surface area contributed by atoms with Gasteiger partial charge in [-0.1, -0.05) is 6.07 Å². The Balaban J connectivity index is 1.41. The highest BCUT2D eigenvalue weighted by molar-refractivity contribution is 6.04. The number of hydrogen-bond acceptors (Lipinski definition) is 8. The Kier molecular flexibility index (Phi) is 5.64. The zero-order valence-electron chi connectivity index (χ0n) is 17.7. The molecule has 0 fully saturated rings. The predicted molar refractivity (Wildman–Crippen MR) is 117 cm³/mol. The summed E-state index contributed by atoms with van der Waals surface area (Å²) in [6.45, 7) is 0.866. The number of nitrogens with one attached hydrogen (secondary N) is 1. The Morgan fingerprint density at radius 3 is 2.85 bits per heavy atom. The lowest BCUT2D eigenvalue weighted by molar-refractivity contribution is 0.102. The highest BCUT2D eigenvalue weighted by Crippen LogP contribution is 2.33. The first kappa shape index (κ1) is 20.6. The van der Waals surface area contributed by atoms with Crippen LogP contribution in [0.15, 0.2) is 65.3 Å². The van der Waals surface area contributed by atoms with Crippen LogP contribution in [0.3, 0.4) is 0 Å². The highest BCUT2D eigenvalue weighted by atomic mass is 16.7. The quantitative estimate of drug-likeness (QED) is 0.408. The topological polar surface area (TPSA) is 110 Å². The van der Waals surface area contributed by atoms with E-state index in [1.54, 1.807) is 60.5 Å². The van der Waals surface area contributed by atoms with Crippen LogP contribution in [-0.4, -0.2) is 47.8 Å². The molecule has 0 atom stereocenters. The van der Waals surface area contributed by atoms with E-state index in [2.05, 4.69) is 15.4 Å². The van der Waals surface area contributed by atoms with Crippen molar-refractivity contribution >= 4 is 11.6 Å². The molecule has 168 valence electrons. The number of furan rings is 1. The van der Waals surface area contributed by atoms with Gasteiger partial charge < -0.3 is 28.7 Å². The molecule has 1 aliphatic heterocycles. The standard InChI is InChI=1S/C23H20N4O6/c1-29-10-11-31-23-25-21(19-6-3-9-30-19)27(26-23)17-5-2-4-16(13-17)24-22(28)15-7-8-18-20(12-15)33-14-32-18/h2-9,12-13H,10-11,14H2,1H3,(H,24,28). The van der Waals surface area contributed by atoms with Crippen LogP contribution in [0.4, 0.5) is 5.69 Å². The number of fused-ring (bicyclic) bond motifs is 1. The molecule has 0 saturated carbocycles. The van der Waals surface area contributed by atoms with Gasteiger partial charge in [-0.3, -0.25) is 4.79 Å². The fourth-order valence-electron chi connectivity index (χ4n) is 3.27. The molecule has 3 heterocycles. The van der Waals surface area contributed by atoms with Gasteiger partial charge in [-0.2, -0.15) is 4.98 Å². The second kappa shape index (κ2) is 9.05. The number of benzene rings is 2. The van der Waals surface area contributed by atoms with E-state index in [0.29, 0.717) is 53.2 Å². The van der Waals surface area contributed by atoms with E-state index >= 15 is 0 Å². The van der Waals surface area contributed by atoms with Crippen LogP contribution in [0.5, 0.6) is 17.5 Å². The molecule has 0 bridgehead atoms. The summed E-state index contributed by atoms with van der Waals surface area (Å²) in [6, 6.07) is 16.0. The van der Waals surface area contributed by atoms with Gasteiger partial charge in [-0.15, -0.1) is 5.10 Å². The zero-order chi connectivity index (χ0) is 22.6. The van der Waals surface area contributed by atoms with E-state index in [0.717, 1.165) is 0 Å². The fraction of sp³-hybridized carbons (Fsp3) is 0.174. The van der Waals surface area contributed by atoms with Crippen LogP contribution >= 0.6 is 0 Å². The average molecular weight is 448 g/mol. The third kappa shape index (κ3) is 4.37. The van der Waals surface area contributed by atoms with Crippen molar-refractivity contribution in [1.82, 2.24) is 14.8 Å². The molecule has 0 saturated heterocycles. The Bertz CT molecular complexity index is 1270. The number of carbonyl (C=O) groups excluding carboxylic acids is 1. The molecule has 2 aromatic heterocycles. The van der Waals surface area contributed by atoms with Gasteiger partial charge in [0, 0.05) is 18.4 Å². The molecule has 33 heavy (non-hydrogen) atoms. The van der Waals surface area contributed by atoms with Crippen molar-refractivity contribution in [3.05, 3.63) is 66.4 Å². The van der Waals surface area contributed by atoms with Crippen molar-refractivity contribution in [1.29, 1.82) is 0 Å². The molecule has 5 rings (SSSR count). The molecule has 0 unspecified atom stereocenters. The number of ether oxygens (including phenoxy) is 4. The zero-order valence-corrected chi connectivity index (χ0v) is 17.7. The Morgan fingerprint density at radius 2 is 2.00 bits per heavy atom. The van der Waals surface area contributed by atoms with Crippen molar-refractivity contribution in [2.75, 3.05) is 32.4 Å². The van der Waals surface area contributed by atoms with Crippen LogP contribution < -0.4 is 19.5 Å². The summed E-state index contributed by atoms with van der Waals surface area (Å²) < 4.78 is 28.3. The maximum absolute atomic E-state index is 12.8. The van der Waals surface area contributed by atoms with Crippen molar-refractivity contribution < 1.29 is 28.2 Å². The smallest absolute Gasteiger partial charge is 0.336 e. The van der Waals surface area contributed by atoms with Crippen molar-refractivity contribution in [3.8, 4) is 34.8 Å². The van der Waals surface area contributed by atoms with Crippen molar-refractivity contribution in [2.24, 2.45) is 0 Å². The molecule has 10 nitrogen and oxygen atoms in total. The molecule has 4 aromatic rings. The van der Waals surface area contributed by atoms with E-state index in [1.165, 1.54) is 0 Å². The maximum atomic E-state index is 12.8. The van der Waals surface area contributed by atoms with E-state index in [4.69, 9.17) is 23.4 Å². The number of rotatable bonds is 8. The maximum Gasteiger partial charge on any atom is 0.336 e. The molecule has 0 spiro atoms. The predicted octanol–water partition coefficient (Wildman–Crippen LogP) is 3.53. The Morgan fingerprint density at radius 1 is 1.09 bits per heavy atom. The number of carbonyl (C=O) groups is 1. The molecule has 0 radical (unpaired) electrons. The number of hydrogen-bond donors (Lipinski definition) is 1. The summed E-state index contributed by atoms with van der Waals surface area (Å²) in [5.74, 6) is 1.88. The third-order valence-electron chi connectivity index (χ3n) is 4.83. The van der Waals surface area contributed by atoms with Gasteiger partial charge in [0.25, 0.3) is 5.91 Å². The number of anilines is 1. The SMILES string of the molecule is COCCOc1nc(-c2ccco2)n(-c2cccc(NC(=O)c3ccc4c(c3)OCO4)c2)n1. The summed E-state index contributed by atoms with van der Waals surface area (Å²) in [7, 11) is 1.59. The first-order chi connectivity index (χ1) is 16.2. The lowest BCUT2D eigenvalue weighted by atomic mass is 10.2. The van der Waals surface area contributed by atoms with E-state index in [9.17, 15) is 4.79 Å². The minimum absolute atomic E-state index is 0.148. The average Bonchev–Trinajstić information content (AvgIpc) is 3.59. The molecular formula is C23H20N4O6. The van der Waals surface area contributed by atoms with Crippen molar-refractivity contribution in [3.63, 3.8) is 0 Å². The van der Waals surface area contributed by atoms with E-state index in [-0.39, 0.29) is 18.7 Å². The first-order valence-electron chi connectivity index (χ1n) is 10.2. The molecule has 1 N–H and O–H groups in total. The monoisotopic (exact) mass is 448 g/mol. The normalized spacial score (nSPS) is 12.0. The molecule has 0 aliphatic carbocycles. The molecule has 10 heteroatoms. The number of nitrogens with zero attached hydrogens (tertiary/aromatic N) is 3. The minimum Gasteiger partial charge on any atom is -0.461 e. The molecule has 1 aliphatic rings. The Labute approximate surface area is 188 Å². The number of methoxy groups -OCH3 is 1. The summed E-state index contributed by atoms with van der Waals surface area (Å²) >= 11 is 0. The van der Waals surface area contributed by atoms with Gasteiger partial charge in [0.15, 0.2) is 17.3 Å². The van der Waals surface area contributed by atoms with Crippen molar-refractivity contribution in [2.45, 2.75) is 0 Å². The Hall–Kier alpha value is -4.31. The van der Waals surface area contributed by atoms with Gasteiger partial charge in [0.2, 0.25) is 12.6 Å². The number of amides is 1. The summed E-state index contributed by atoms with van der Waals surface area (Å²) in [5.41, 5.74) is 1.70. The molecular weight excluding hydrogens is 428 g/mol. The summed E-state index contributed by atoms with van der Waals surface area (Å²) in [5, 5.41) is 7.35. The minimum atomic E-state index is -0.279. The lowest BCUT2D eigenvalue weighted by Gasteiger charge is -2.09. The highest BCUT2D eigenvalue weighted by Gasteiger charge is 2.19. The van der Waals surface area contributed by atoms with Gasteiger partial charge in [-0.25, -0.2) is 4.68 Å². The summed E-state index contributed by atoms with van der Waals surface area (Å²) in [4.78, 5) is 17.2. The van der Waals surface area contributed by atoms with Gasteiger partial charge in [0.1, 0.15) is 6.61 Å².